The zero-order valence-electron chi connectivity index (χ0n) is 9.46. The van der Waals surface area contributed by atoms with Gasteiger partial charge >= 0.3 is 0 Å². The molecule has 0 spiro atoms. The summed E-state index contributed by atoms with van der Waals surface area (Å²) in [6.45, 7) is 5.46. The first-order chi connectivity index (χ1) is 6.87. The van der Waals surface area contributed by atoms with Crippen molar-refractivity contribution in [2.24, 2.45) is 0 Å². The van der Waals surface area contributed by atoms with Crippen LogP contribution in [0.1, 0.15) is 25.1 Å². The smallest absolute Gasteiger partial charge is 0.0931 e. The summed E-state index contributed by atoms with van der Waals surface area (Å²) in [6, 6.07) is 3.97. The number of thiophene rings is 1. The van der Waals surface area contributed by atoms with E-state index in [4.69, 9.17) is 11.6 Å². The molecule has 15 heavy (non-hydrogen) atoms. The summed E-state index contributed by atoms with van der Waals surface area (Å²) in [5, 5.41) is 9.59. The lowest BCUT2D eigenvalue weighted by Gasteiger charge is -2.22. The maximum Gasteiger partial charge on any atom is 0.0931 e. The Morgan fingerprint density at radius 1 is 1.47 bits per heavy atom. The fourth-order valence-corrected chi connectivity index (χ4v) is 2.41. The second-order valence-corrected chi connectivity index (χ2v) is 6.31. The van der Waals surface area contributed by atoms with E-state index >= 15 is 0 Å². The van der Waals surface area contributed by atoms with Crippen molar-refractivity contribution in [1.29, 1.82) is 0 Å². The molecule has 0 aliphatic rings. The van der Waals surface area contributed by atoms with E-state index in [2.05, 4.69) is 11.9 Å². The van der Waals surface area contributed by atoms with Crippen LogP contribution in [0, 0.1) is 0 Å². The van der Waals surface area contributed by atoms with E-state index in [0.29, 0.717) is 0 Å². The molecule has 0 aromatic carbocycles. The van der Waals surface area contributed by atoms with Gasteiger partial charge < -0.3 is 10.0 Å². The fourth-order valence-electron chi connectivity index (χ4n) is 1.25. The Kier molecular flexibility index (Phi) is 4.59. The topological polar surface area (TPSA) is 23.5 Å². The van der Waals surface area contributed by atoms with Crippen LogP contribution in [0.3, 0.4) is 0 Å². The monoisotopic (exact) mass is 247 g/mol. The highest BCUT2D eigenvalue weighted by atomic mass is 35.5. The zero-order chi connectivity index (χ0) is 11.5. The van der Waals surface area contributed by atoms with Gasteiger partial charge in [-0.15, -0.1) is 11.3 Å². The van der Waals surface area contributed by atoms with Crippen LogP contribution in [0.4, 0.5) is 0 Å². The Balaban J connectivity index is 2.33. The third kappa shape index (κ3) is 5.52. The number of halogens is 1. The van der Waals surface area contributed by atoms with E-state index in [1.807, 2.05) is 26.0 Å². The van der Waals surface area contributed by atoms with Gasteiger partial charge in [-0.1, -0.05) is 11.6 Å². The van der Waals surface area contributed by atoms with Crippen LogP contribution < -0.4 is 0 Å². The minimum absolute atomic E-state index is 0.582. The largest absolute Gasteiger partial charge is 0.390 e. The van der Waals surface area contributed by atoms with Crippen LogP contribution >= 0.6 is 22.9 Å². The van der Waals surface area contributed by atoms with Crippen molar-refractivity contribution >= 4 is 22.9 Å². The molecule has 2 nitrogen and oxygen atoms in total. The van der Waals surface area contributed by atoms with Crippen molar-refractivity contribution in [2.45, 2.75) is 32.4 Å². The van der Waals surface area contributed by atoms with E-state index in [-0.39, 0.29) is 0 Å². The van der Waals surface area contributed by atoms with Crippen molar-refractivity contribution in [3.8, 4) is 0 Å². The average molecular weight is 248 g/mol. The normalized spacial score (nSPS) is 12.4. The third-order valence-corrected chi connectivity index (χ3v) is 3.38. The lowest BCUT2D eigenvalue weighted by molar-refractivity contribution is 0.0600. The first kappa shape index (κ1) is 13.0. The van der Waals surface area contributed by atoms with Gasteiger partial charge in [0, 0.05) is 18.0 Å². The second-order valence-electron chi connectivity index (χ2n) is 4.51. The van der Waals surface area contributed by atoms with Crippen molar-refractivity contribution in [2.75, 3.05) is 13.6 Å². The number of nitrogens with zero attached hydrogens (tertiary/aromatic N) is 1. The molecule has 0 aliphatic carbocycles. The highest BCUT2D eigenvalue weighted by molar-refractivity contribution is 7.16. The van der Waals surface area contributed by atoms with Gasteiger partial charge in [0.2, 0.25) is 0 Å². The molecule has 1 N–H and O–H groups in total. The number of aliphatic hydroxyl groups is 1. The highest BCUT2D eigenvalue weighted by Crippen LogP contribution is 2.22. The van der Waals surface area contributed by atoms with Crippen LogP contribution in [0.25, 0.3) is 0 Å². The Morgan fingerprint density at radius 2 is 2.13 bits per heavy atom. The van der Waals surface area contributed by atoms with Gasteiger partial charge in [-0.25, -0.2) is 0 Å². The van der Waals surface area contributed by atoms with Gasteiger partial charge in [0.25, 0.3) is 0 Å². The number of hydrogen-bond acceptors (Lipinski definition) is 3. The van der Waals surface area contributed by atoms with Crippen LogP contribution in [0.2, 0.25) is 4.34 Å². The average Bonchev–Trinajstić information content (AvgIpc) is 2.47. The molecule has 1 aromatic heterocycles. The lowest BCUT2D eigenvalue weighted by Crippen LogP contribution is -2.27. The van der Waals surface area contributed by atoms with Crippen molar-refractivity contribution in [3.05, 3.63) is 21.3 Å². The summed E-state index contributed by atoms with van der Waals surface area (Å²) in [5.74, 6) is 0. The van der Waals surface area contributed by atoms with Gasteiger partial charge in [0.1, 0.15) is 0 Å². The van der Waals surface area contributed by atoms with E-state index in [0.717, 1.165) is 23.8 Å². The molecule has 0 atom stereocenters. The molecule has 86 valence electrons. The summed E-state index contributed by atoms with van der Waals surface area (Å²) in [6.07, 6.45) is 0.780. The van der Waals surface area contributed by atoms with Gasteiger partial charge in [0.15, 0.2) is 0 Å². The van der Waals surface area contributed by atoms with E-state index in [1.54, 1.807) is 11.3 Å². The zero-order valence-corrected chi connectivity index (χ0v) is 11.0. The predicted octanol–water partition coefficient (Wildman–Crippen LogP) is 2.99. The molecule has 1 heterocycles. The molecule has 1 rings (SSSR count). The van der Waals surface area contributed by atoms with Crippen molar-refractivity contribution < 1.29 is 5.11 Å². The van der Waals surface area contributed by atoms with Crippen LogP contribution in [-0.4, -0.2) is 29.2 Å². The van der Waals surface area contributed by atoms with Crippen LogP contribution in [-0.2, 0) is 6.54 Å². The highest BCUT2D eigenvalue weighted by Gasteiger charge is 2.13. The molecule has 0 radical (unpaired) electrons. The minimum atomic E-state index is -0.582. The molecule has 0 amide bonds. The molecule has 0 bridgehead atoms. The Hall–Kier alpha value is -0.0900. The SMILES string of the molecule is CN(CCC(C)(C)O)Cc1ccc(Cl)s1. The van der Waals surface area contributed by atoms with Gasteiger partial charge in [0.05, 0.1) is 9.94 Å². The number of hydrogen-bond donors (Lipinski definition) is 1. The molecule has 0 unspecified atom stereocenters. The molecular formula is C11H18ClNOS. The maximum absolute atomic E-state index is 9.59. The van der Waals surface area contributed by atoms with Gasteiger partial charge in [-0.3, -0.25) is 0 Å². The van der Waals surface area contributed by atoms with Crippen LogP contribution in [0.5, 0.6) is 0 Å². The quantitative estimate of drug-likeness (QED) is 0.865. The maximum atomic E-state index is 9.59. The standard InChI is InChI=1S/C11H18ClNOS/c1-11(2,14)6-7-13(3)8-9-4-5-10(12)15-9/h4-5,14H,6-8H2,1-3H3. The molecule has 4 heteroatoms. The lowest BCUT2D eigenvalue weighted by atomic mass is 10.1. The summed E-state index contributed by atoms with van der Waals surface area (Å²) >= 11 is 7.46. The van der Waals surface area contributed by atoms with Crippen molar-refractivity contribution in [3.63, 3.8) is 0 Å². The molecule has 0 saturated carbocycles. The third-order valence-electron chi connectivity index (χ3n) is 2.16. The van der Waals surface area contributed by atoms with E-state index in [9.17, 15) is 5.11 Å². The fraction of sp³-hybridized carbons (Fsp3) is 0.636. The van der Waals surface area contributed by atoms with Crippen molar-refractivity contribution in [1.82, 2.24) is 4.90 Å². The van der Waals surface area contributed by atoms with Gasteiger partial charge in [-0.2, -0.15) is 0 Å². The summed E-state index contributed by atoms with van der Waals surface area (Å²) in [4.78, 5) is 3.46. The molecule has 0 aliphatic heterocycles. The first-order valence-electron chi connectivity index (χ1n) is 5.02. The molecule has 0 fully saturated rings. The Bertz CT molecular complexity index is 306. The summed E-state index contributed by atoms with van der Waals surface area (Å²) < 4.78 is 0.834. The molecule has 1 aromatic rings. The second kappa shape index (κ2) is 5.30. The van der Waals surface area contributed by atoms with E-state index < -0.39 is 5.60 Å². The van der Waals surface area contributed by atoms with Crippen LogP contribution in [0.15, 0.2) is 12.1 Å². The summed E-state index contributed by atoms with van der Waals surface area (Å²) in [5.41, 5.74) is -0.582. The van der Waals surface area contributed by atoms with Gasteiger partial charge in [-0.05, 0) is 39.4 Å². The Morgan fingerprint density at radius 3 is 2.60 bits per heavy atom. The summed E-state index contributed by atoms with van der Waals surface area (Å²) in [7, 11) is 2.05. The molecule has 0 saturated heterocycles. The Labute approximate surface area is 100 Å². The minimum Gasteiger partial charge on any atom is -0.390 e. The first-order valence-corrected chi connectivity index (χ1v) is 6.21. The van der Waals surface area contributed by atoms with E-state index in [1.165, 1.54) is 4.88 Å². The predicted molar refractivity (Wildman–Crippen MR) is 66.6 cm³/mol. The molecular weight excluding hydrogens is 230 g/mol. The number of rotatable bonds is 5.